The number of nitrogens with zero attached hydrogens (tertiary/aromatic N) is 3. The van der Waals surface area contributed by atoms with Crippen molar-refractivity contribution in [1.29, 1.82) is 5.26 Å². The predicted molar refractivity (Wildman–Crippen MR) is 198 cm³/mol. The van der Waals surface area contributed by atoms with Gasteiger partial charge in [0.15, 0.2) is 6.23 Å². The van der Waals surface area contributed by atoms with Crippen molar-refractivity contribution in [2.45, 2.75) is 97.1 Å². The Morgan fingerprint density at radius 3 is 1.86 bits per heavy atom. The van der Waals surface area contributed by atoms with Gasteiger partial charge in [-0.1, -0.05) is 106 Å². The highest BCUT2D eigenvalue weighted by Gasteiger charge is 2.38. The zero-order valence-corrected chi connectivity index (χ0v) is 29.9. The molecule has 8 heteroatoms. The van der Waals surface area contributed by atoms with Crippen molar-refractivity contribution in [2.75, 3.05) is 13.1 Å². The van der Waals surface area contributed by atoms with Gasteiger partial charge in [-0.25, -0.2) is 0 Å². The first kappa shape index (κ1) is 33.4. The van der Waals surface area contributed by atoms with Crippen LogP contribution in [-0.2, 0) is 0 Å². The number of benzene rings is 5. The number of carbonyl (C=O) groups is 3. The summed E-state index contributed by atoms with van der Waals surface area (Å²) in [5, 5.41) is 28.0. The van der Waals surface area contributed by atoms with E-state index in [4.69, 9.17) is 0 Å². The highest BCUT2D eigenvalue weighted by Crippen LogP contribution is 2.50. The van der Waals surface area contributed by atoms with Gasteiger partial charge in [0, 0.05) is 66.7 Å². The third-order valence-electron chi connectivity index (χ3n) is 10.7. The molecule has 1 N–H and O–H groups in total. The van der Waals surface area contributed by atoms with E-state index in [-0.39, 0.29) is 17.7 Å². The summed E-state index contributed by atoms with van der Waals surface area (Å²) >= 11 is 3.80. The molecule has 0 radical (unpaired) electrons. The normalized spacial score (nSPS) is 15.9. The molecule has 1 unspecified atom stereocenters. The Bertz CT molecular complexity index is 2180. The maximum absolute atomic E-state index is 14.0. The van der Waals surface area contributed by atoms with Gasteiger partial charge in [-0.15, -0.1) is 0 Å². The zero-order chi connectivity index (χ0) is 34.4. The van der Waals surface area contributed by atoms with E-state index in [1.807, 2.05) is 24.3 Å². The molecule has 5 aromatic rings. The molecule has 2 heterocycles. The van der Waals surface area contributed by atoms with Crippen LogP contribution in [0.15, 0.2) is 40.9 Å². The summed E-state index contributed by atoms with van der Waals surface area (Å²) in [4.78, 5) is 44.7. The number of fused-ring (bicyclic) bond motifs is 2. The second-order valence-electron chi connectivity index (χ2n) is 13.8. The number of unbranched alkanes of at least 4 members (excludes halogenated alkanes) is 10. The van der Waals surface area contributed by atoms with E-state index in [9.17, 15) is 24.8 Å². The number of hydrogen-bond acceptors (Lipinski definition) is 5. The summed E-state index contributed by atoms with van der Waals surface area (Å²) in [6, 6.07) is 13.3. The minimum absolute atomic E-state index is 0.215. The smallest absolute Gasteiger partial charge is 0.261 e. The lowest BCUT2D eigenvalue weighted by Gasteiger charge is -2.35. The molecule has 1 atom stereocenters. The van der Waals surface area contributed by atoms with E-state index in [1.165, 1.54) is 35.5 Å². The highest BCUT2D eigenvalue weighted by atomic mass is 79.9. The van der Waals surface area contributed by atoms with Crippen molar-refractivity contribution >= 4 is 76.7 Å². The number of rotatable bonds is 14. The van der Waals surface area contributed by atoms with Crippen LogP contribution in [0, 0.1) is 11.3 Å². The SMILES string of the molecule is CCCCCCCCN1C(=O)c2ccc3c4c(C#N)cc5c6c(ccc(c7c(Br)cc(c2c37)C1=O)c64)C(=O)N(CCCCCCCC)C5O. The second-order valence-corrected chi connectivity index (χ2v) is 14.6. The maximum Gasteiger partial charge on any atom is 0.261 e. The van der Waals surface area contributed by atoms with Crippen LogP contribution in [-0.4, -0.2) is 45.7 Å². The van der Waals surface area contributed by atoms with Crippen molar-refractivity contribution in [1.82, 2.24) is 9.80 Å². The molecule has 0 bridgehead atoms. The Labute approximate surface area is 295 Å². The lowest BCUT2D eigenvalue weighted by molar-refractivity contribution is 0.00418. The van der Waals surface area contributed by atoms with Gasteiger partial charge >= 0.3 is 0 Å². The van der Waals surface area contributed by atoms with Crippen molar-refractivity contribution < 1.29 is 19.5 Å². The minimum Gasteiger partial charge on any atom is -0.369 e. The summed E-state index contributed by atoms with van der Waals surface area (Å²) in [5.74, 6) is -0.805. The number of aliphatic hydroxyl groups is 1. The Kier molecular flexibility index (Phi) is 9.34. The average Bonchev–Trinajstić information content (AvgIpc) is 3.11. The monoisotopic (exact) mass is 719 g/mol. The molecule has 0 fully saturated rings. The summed E-state index contributed by atoms with van der Waals surface area (Å²) in [6.07, 6.45) is 11.6. The Morgan fingerprint density at radius 2 is 1.20 bits per heavy atom. The third-order valence-corrected chi connectivity index (χ3v) is 11.3. The highest BCUT2D eigenvalue weighted by molar-refractivity contribution is 9.10. The number of nitriles is 1. The molecule has 2 aliphatic rings. The van der Waals surface area contributed by atoms with E-state index in [2.05, 4.69) is 35.8 Å². The first-order valence-corrected chi connectivity index (χ1v) is 18.8. The largest absolute Gasteiger partial charge is 0.369 e. The molecule has 7 rings (SSSR count). The van der Waals surface area contributed by atoms with Crippen LogP contribution >= 0.6 is 15.9 Å². The van der Waals surface area contributed by atoms with Crippen LogP contribution in [0.5, 0.6) is 0 Å². The number of halogens is 1. The molecule has 3 amide bonds. The van der Waals surface area contributed by atoms with E-state index < -0.39 is 6.23 Å². The molecule has 2 aliphatic heterocycles. The molecule has 0 spiro atoms. The lowest BCUT2D eigenvalue weighted by Crippen LogP contribution is -2.41. The summed E-state index contributed by atoms with van der Waals surface area (Å²) in [5.41, 5.74) is 2.40. The van der Waals surface area contributed by atoms with Crippen LogP contribution in [0.2, 0.25) is 0 Å². The Morgan fingerprint density at radius 1 is 0.653 bits per heavy atom. The van der Waals surface area contributed by atoms with E-state index in [1.54, 1.807) is 12.1 Å². The van der Waals surface area contributed by atoms with Crippen LogP contribution in [0.1, 0.15) is 139 Å². The van der Waals surface area contributed by atoms with Gasteiger partial charge in [-0.2, -0.15) is 5.26 Å². The predicted octanol–water partition coefficient (Wildman–Crippen LogP) is 10.1. The fourth-order valence-electron chi connectivity index (χ4n) is 8.26. The minimum atomic E-state index is -1.17. The molecule has 49 heavy (non-hydrogen) atoms. The van der Waals surface area contributed by atoms with Gasteiger partial charge < -0.3 is 10.0 Å². The first-order valence-electron chi connectivity index (χ1n) is 18.0. The molecular formula is C41H42BrN3O4. The molecule has 252 valence electrons. The quantitative estimate of drug-likeness (QED) is 0.0533. The third kappa shape index (κ3) is 5.37. The van der Waals surface area contributed by atoms with Crippen LogP contribution < -0.4 is 0 Å². The zero-order valence-electron chi connectivity index (χ0n) is 28.3. The van der Waals surface area contributed by atoms with Crippen molar-refractivity contribution in [2.24, 2.45) is 0 Å². The summed E-state index contributed by atoms with van der Waals surface area (Å²) in [7, 11) is 0. The molecule has 7 nitrogen and oxygen atoms in total. The molecule has 0 aromatic heterocycles. The maximum atomic E-state index is 14.0. The van der Waals surface area contributed by atoms with Crippen LogP contribution in [0.4, 0.5) is 0 Å². The number of imide groups is 1. The molecular weight excluding hydrogens is 678 g/mol. The fourth-order valence-corrected chi connectivity index (χ4v) is 8.90. The van der Waals surface area contributed by atoms with Gasteiger partial charge in [0.1, 0.15) is 0 Å². The summed E-state index contributed by atoms with van der Waals surface area (Å²) < 4.78 is 0.702. The lowest BCUT2D eigenvalue weighted by atomic mass is 9.80. The van der Waals surface area contributed by atoms with E-state index in [0.717, 1.165) is 78.3 Å². The number of amides is 3. The Hall–Kier alpha value is -4.06. The van der Waals surface area contributed by atoms with Gasteiger partial charge in [0.05, 0.1) is 11.6 Å². The second kappa shape index (κ2) is 13.7. The van der Waals surface area contributed by atoms with Gasteiger partial charge in [0.25, 0.3) is 17.7 Å². The molecule has 0 aliphatic carbocycles. The topological polar surface area (TPSA) is 102 Å². The van der Waals surface area contributed by atoms with Crippen molar-refractivity contribution in [3.8, 4) is 6.07 Å². The van der Waals surface area contributed by atoms with Gasteiger partial charge in [0.2, 0.25) is 0 Å². The van der Waals surface area contributed by atoms with E-state index in [0.29, 0.717) is 61.5 Å². The number of carbonyl (C=O) groups excluding carboxylic acids is 3. The fraction of sp³-hybridized carbons (Fsp3) is 0.415. The standard InChI is InChI=1S/C41H42BrN3O4/c1-3-5-7-9-11-13-19-44-38(46)27-18-16-26-35-31(42)22-30-34-28(39(47)45(41(30)49)20-14-12-10-8-6-4-2)17-15-25(37(34)35)32-24(23-43)21-29(40(44)48)33(27)36(26)32/h15-18,21-22,40,48H,3-14,19-20H2,1-2H3. The number of aliphatic hydroxyl groups excluding tert-OH is 1. The van der Waals surface area contributed by atoms with Crippen molar-refractivity contribution in [3.63, 3.8) is 0 Å². The first-order chi connectivity index (χ1) is 23.8. The summed E-state index contributed by atoms with van der Waals surface area (Å²) in [6.45, 7) is 5.18. The van der Waals surface area contributed by atoms with Gasteiger partial charge in [-0.3, -0.25) is 19.3 Å². The van der Waals surface area contributed by atoms with Crippen LogP contribution in [0.3, 0.4) is 0 Å². The van der Waals surface area contributed by atoms with E-state index >= 15 is 0 Å². The van der Waals surface area contributed by atoms with Gasteiger partial charge in [-0.05, 0) is 53.3 Å². The van der Waals surface area contributed by atoms with Crippen molar-refractivity contribution in [3.05, 3.63) is 68.7 Å². The average molecular weight is 721 g/mol. The molecule has 0 saturated carbocycles. The molecule has 5 aromatic carbocycles. The molecule has 0 saturated heterocycles. The number of hydrogen-bond donors (Lipinski definition) is 1. The Balaban J connectivity index is 1.35. The van der Waals surface area contributed by atoms with Crippen LogP contribution in [0.25, 0.3) is 43.1 Å².